The minimum atomic E-state index is -1.29. The van der Waals surface area contributed by atoms with Crippen molar-refractivity contribution < 1.29 is 19.8 Å². The minimum absolute atomic E-state index is 0.0305. The van der Waals surface area contributed by atoms with E-state index in [1.807, 2.05) is 24.3 Å². The maximum atomic E-state index is 12.0. The molecule has 0 radical (unpaired) electrons. The van der Waals surface area contributed by atoms with Gasteiger partial charge in [-0.15, -0.1) is 0 Å². The molecule has 0 bridgehead atoms. The first-order valence-corrected chi connectivity index (χ1v) is 15.1. The SMILES string of the molecule is CC(C)c1ccc(C(=O)C(C)(C)O)cc1.CCCCCCCCCCCCc1ccc(C(=O)C(C)CO)cc1. The monoisotopic (exact) mass is 538 g/mol. The lowest BCUT2D eigenvalue weighted by molar-refractivity contribution is 0.0488. The molecule has 1 unspecified atom stereocenters. The molecule has 0 spiro atoms. The summed E-state index contributed by atoms with van der Waals surface area (Å²) in [5, 5.41) is 18.6. The van der Waals surface area contributed by atoms with Crippen molar-refractivity contribution in [1.29, 1.82) is 0 Å². The third kappa shape index (κ3) is 14.1. The van der Waals surface area contributed by atoms with E-state index in [9.17, 15) is 14.7 Å². The molecule has 4 nitrogen and oxygen atoms in total. The van der Waals surface area contributed by atoms with Crippen LogP contribution in [-0.2, 0) is 6.42 Å². The molecule has 0 saturated carbocycles. The van der Waals surface area contributed by atoms with Crippen LogP contribution in [0.4, 0.5) is 0 Å². The standard InChI is InChI=1S/C22H36O2.C13H18O2/c1-3-4-5-6-7-8-9-10-11-12-13-20-14-16-21(17-15-20)22(24)19(2)18-23;1-9(2)10-5-7-11(8-6-10)12(14)13(3,4)15/h14-17,19,23H,3-13,18H2,1-2H3;5-9,15H,1-4H3. The number of Topliss-reactive ketones (excluding diaryl/α,β-unsaturated/α-hetero) is 2. The Morgan fingerprint density at radius 3 is 1.62 bits per heavy atom. The van der Waals surface area contributed by atoms with Crippen molar-refractivity contribution in [2.24, 2.45) is 5.92 Å². The number of carbonyl (C=O) groups is 2. The number of hydrogen-bond donors (Lipinski definition) is 2. The van der Waals surface area contributed by atoms with E-state index in [0.29, 0.717) is 17.0 Å². The van der Waals surface area contributed by atoms with Crippen molar-refractivity contribution in [3.8, 4) is 0 Å². The van der Waals surface area contributed by atoms with Crippen LogP contribution in [0, 0.1) is 5.92 Å². The zero-order valence-corrected chi connectivity index (χ0v) is 25.5. The minimum Gasteiger partial charge on any atom is -0.396 e. The van der Waals surface area contributed by atoms with E-state index in [2.05, 4.69) is 32.9 Å². The van der Waals surface area contributed by atoms with Crippen LogP contribution in [0.5, 0.6) is 0 Å². The Morgan fingerprint density at radius 1 is 0.718 bits per heavy atom. The van der Waals surface area contributed by atoms with Gasteiger partial charge in [-0.2, -0.15) is 0 Å². The van der Waals surface area contributed by atoms with Crippen LogP contribution in [-0.4, -0.2) is 34.0 Å². The van der Waals surface area contributed by atoms with E-state index in [1.165, 1.54) is 89.2 Å². The van der Waals surface area contributed by atoms with Gasteiger partial charge in [-0.05, 0) is 43.7 Å². The van der Waals surface area contributed by atoms with Crippen molar-refractivity contribution in [2.45, 2.75) is 124 Å². The summed E-state index contributed by atoms with van der Waals surface area (Å²) < 4.78 is 0. The predicted octanol–water partition coefficient (Wildman–Crippen LogP) is 8.72. The van der Waals surface area contributed by atoms with E-state index in [0.717, 1.165) is 6.42 Å². The molecule has 4 heteroatoms. The van der Waals surface area contributed by atoms with Gasteiger partial charge in [-0.3, -0.25) is 9.59 Å². The molecule has 0 aliphatic rings. The zero-order valence-electron chi connectivity index (χ0n) is 25.5. The maximum absolute atomic E-state index is 12.0. The first kappa shape index (κ1) is 34.7. The van der Waals surface area contributed by atoms with Crippen molar-refractivity contribution in [1.82, 2.24) is 0 Å². The molecule has 0 amide bonds. The van der Waals surface area contributed by atoms with Crippen molar-refractivity contribution in [2.75, 3.05) is 6.61 Å². The van der Waals surface area contributed by atoms with Crippen LogP contribution < -0.4 is 0 Å². The summed E-state index contributed by atoms with van der Waals surface area (Å²) in [6, 6.07) is 15.3. The number of benzene rings is 2. The van der Waals surface area contributed by atoms with Gasteiger partial charge in [-0.25, -0.2) is 0 Å². The number of rotatable bonds is 17. The highest BCUT2D eigenvalue weighted by Gasteiger charge is 2.24. The second-order valence-electron chi connectivity index (χ2n) is 11.7. The van der Waals surface area contributed by atoms with Crippen LogP contribution in [0.15, 0.2) is 48.5 Å². The smallest absolute Gasteiger partial charge is 0.193 e. The molecular weight excluding hydrogens is 484 g/mol. The molecule has 1 atom stereocenters. The van der Waals surface area contributed by atoms with Crippen molar-refractivity contribution in [3.05, 3.63) is 70.8 Å². The van der Waals surface area contributed by atoms with E-state index < -0.39 is 5.60 Å². The molecule has 0 heterocycles. The highest BCUT2D eigenvalue weighted by atomic mass is 16.3. The summed E-state index contributed by atoms with van der Waals surface area (Å²) in [6.45, 7) is 11.2. The van der Waals surface area contributed by atoms with E-state index in [1.54, 1.807) is 19.1 Å². The van der Waals surface area contributed by atoms with E-state index in [4.69, 9.17) is 5.11 Å². The summed E-state index contributed by atoms with van der Waals surface area (Å²) >= 11 is 0. The fourth-order valence-electron chi connectivity index (χ4n) is 4.39. The van der Waals surface area contributed by atoms with Crippen molar-refractivity contribution in [3.63, 3.8) is 0 Å². The Labute approximate surface area is 238 Å². The number of ketones is 2. The van der Waals surface area contributed by atoms with E-state index >= 15 is 0 Å². The Kier molecular flexibility index (Phi) is 16.8. The molecule has 39 heavy (non-hydrogen) atoms. The number of aliphatic hydroxyl groups is 2. The number of aliphatic hydroxyl groups excluding tert-OH is 1. The fourth-order valence-corrected chi connectivity index (χ4v) is 4.39. The lowest BCUT2D eigenvalue weighted by Crippen LogP contribution is -2.31. The molecule has 2 rings (SSSR count). The number of aryl methyl sites for hydroxylation is 1. The second kappa shape index (κ2) is 18.9. The molecule has 0 aliphatic heterocycles. The van der Waals surface area contributed by atoms with Crippen LogP contribution in [0.1, 0.15) is 144 Å². The van der Waals surface area contributed by atoms with Gasteiger partial charge in [0.05, 0.1) is 6.61 Å². The van der Waals surface area contributed by atoms with Crippen LogP contribution in [0.2, 0.25) is 0 Å². The van der Waals surface area contributed by atoms with Gasteiger partial charge in [-0.1, -0.05) is 134 Å². The molecule has 0 saturated heterocycles. The number of carbonyl (C=O) groups excluding carboxylic acids is 2. The van der Waals surface area contributed by atoms with Gasteiger partial charge >= 0.3 is 0 Å². The number of unbranched alkanes of at least 4 members (excludes halogenated alkanes) is 9. The van der Waals surface area contributed by atoms with Gasteiger partial charge in [0.15, 0.2) is 11.6 Å². The average molecular weight is 539 g/mol. The summed E-state index contributed by atoms with van der Waals surface area (Å²) in [7, 11) is 0. The molecule has 2 aromatic carbocycles. The first-order valence-electron chi connectivity index (χ1n) is 15.1. The van der Waals surface area contributed by atoms with Gasteiger partial charge in [0.2, 0.25) is 0 Å². The molecule has 218 valence electrons. The summed E-state index contributed by atoms with van der Waals surface area (Å²) in [4.78, 5) is 23.7. The summed E-state index contributed by atoms with van der Waals surface area (Å²) in [5.74, 6) is -0.0603. The second-order valence-corrected chi connectivity index (χ2v) is 11.7. The third-order valence-corrected chi connectivity index (χ3v) is 7.17. The molecule has 0 aromatic heterocycles. The molecule has 0 fully saturated rings. The zero-order chi connectivity index (χ0) is 29.3. The lowest BCUT2D eigenvalue weighted by atomic mass is 9.94. The number of hydrogen-bond acceptors (Lipinski definition) is 4. The Morgan fingerprint density at radius 2 is 1.18 bits per heavy atom. The Balaban J connectivity index is 0.000000434. The predicted molar refractivity (Wildman–Crippen MR) is 164 cm³/mol. The third-order valence-electron chi connectivity index (χ3n) is 7.17. The molecule has 2 aromatic rings. The maximum Gasteiger partial charge on any atom is 0.193 e. The largest absolute Gasteiger partial charge is 0.396 e. The normalized spacial score (nSPS) is 12.1. The fraction of sp³-hybridized carbons (Fsp3) is 0.600. The van der Waals surface area contributed by atoms with Gasteiger partial charge in [0.25, 0.3) is 0 Å². The summed E-state index contributed by atoms with van der Waals surface area (Å²) in [6.07, 6.45) is 14.7. The molecule has 2 N–H and O–H groups in total. The van der Waals surface area contributed by atoms with Gasteiger partial charge < -0.3 is 10.2 Å². The van der Waals surface area contributed by atoms with Crippen LogP contribution >= 0.6 is 0 Å². The lowest BCUT2D eigenvalue weighted by Gasteiger charge is -2.15. The van der Waals surface area contributed by atoms with Crippen LogP contribution in [0.3, 0.4) is 0 Å². The first-order chi connectivity index (χ1) is 18.5. The topological polar surface area (TPSA) is 74.6 Å². The average Bonchev–Trinajstić information content (AvgIpc) is 2.93. The molecule has 0 aliphatic carbocycles. The highest BCUT2D eigenvalue weighted by molar-refractivity contribution is 6.01. The Bertz CT molecular complexity index is 936. The van der Waals surface area contributed by atoms with E-state index in [-0.39, 0.29) is 24.1 Å². The summed E-state index contributed by atoms with van der Waals surface area (Å²) in [5.41, 5.74) is 2.49. The Hall–Kier alpha value is -2.30. The quantitative estimate of drug-likeness (QED) is 0.156. The highest BCUT2D eigenvalue weighted by Crippen LogP contribution is 2.18. The van der Waals surface area contributed by atoms with Crippen LogP contribution in [0.25, 0.3) is 0 Å². The molecular formula is C35H54O4. The van der Waals surface area contributed by atoms with Crippen molar-refractivity contribution >= 4 is 11.6 Å². The van der Waals surface area contributed by atoms with Gasteiger partial charge in [0.1, 0.15) is 5.60 Å². The van der Waals surface area contributed by atoms with Gasteiger partial charge in [0, 0.05) is 17.0 Å².